The van der Waals surface area contributed by atoms with Crippen molar-refractivity contribution < 1.29 is 0 Å². The van der Waals surface area contributed by atoms with E-state index in [4.69, 9.17) is 10.7 Å². The minimum atomic E-state index is 0.229. The molecule has 1 fully saturated rings. The van der Waals surface area contributed by atoms with Crippen LogP contribution >= 0.6 is 0 Å². The third-order valence-electron chi connectivity index (χ3n) is 4.58. The maximum atomic E-state index is 6.16. The number of unbranched alkanes of at least 4 members (excludes halogenated alkanes) is 1. The van der Waals surface area contributed by atoms with Gasteiger partial charge in [-0.05, 0) is 32.6 Å². The van der Waals surface area contributed by atoms with Gasteiger partial charge in [-0.3, -0.25) is 5.10 Å². The summed E-state index contributed by atoms with van der Waals surface area (Å²) in [4.78, 5) is 7.00. The average Bonchev–Trinajstić information content (AvgIpc) is 2.92. The van der Waals surface area contributed by atoms with E-state index < -0.39 is 0 Å². The Balaban J connectivity index is 2.07. The van der Waals surface area contributed by atoms with Crippen LogP contribution in [0.15, 0.2) is 0 Å². The molecule has 20 heavy (non-hydrogen) atoms. The van der Waals surface area contributed by atoms with Crippen LogP contribution in [-0.4, -0.2) is 33.8 Å². The maximum Gasteiger partial charge on any atom is 0.245 e. The molecule has 0 radical (unpaired) electrons. The number of nitrogens with two attached hydrogens (primary N) is 1. The number of nitrogens with one attached hydrogen (secondary N) is 1. The molecule has 1 aliphatic heterocycles. The maximum absolute atomic E-state index is 6.16. The molecule has 1 aromatic rings. The molecule has 3 unspecified atom stereocenters. The van der Waals surface area contributed by atoms with Gasteiger partial charge in [-0.1, -0.05) is 26.7 Å². The Kier molecular flexibility index (Phi) is 5.40. The van der Waals surface area contributed by atoms with E-state index in [1.807, 2.05) is 0 Å². The molecule has 0 spiro atoms. The molecule has 1 aliphatic rings. The fourth-order valence-electron chi connectivity index (χ4n) is 3.02. The van der Waals surface area contributed by atoms with Crippen molar-refractivity contribution in [3.8, 4) is 0 Å². The van der Waals surface area contributed by atoms with Crippen molar-refractivity contribution in [1.29, 1.82) is 0 Å². The van der Waals surface area contributed by atoms with Gasteiger partial charge in [0.25, 0.3) is 0 Å². The highest BCUT2D eigenvalue weighted by Gasteiger charge is 2.28. The first-order valence-corrected chi connectivity index (χ1v) is 8.11. The fraction of sp³-hybridized carbons (Fsp3) is 0.867. The van der Waals surface area contributed by atoms with Crippen molar-refractivity contribution in [1.82, 2.24) is 15.2 Å². The summed E-state index contributed by atoms with van der Waals surface area (Å²) < 4.78 is 0. The van der Waals surface area contributed by atoms with E-state index in [1.165, 1.54) is 19.3 Å². The second kappa shape index (κ2) is 7.07. The smallest absolute Gasteiger partial charge is 0.245 e. The molecule has 2 rings (SSSR count). The first-order chi connectivity index (χ1) is 9.67. The Hall–Kier alpha value is -1.10. The topological polar surface area (TPSA) is 70.8 Å². The number of nitrogens with zero attached hydrogens (tertiary/aromatic N) is 3. The number of anilines is 1. The van der Waals surface area contributed by atoms with Gasteiger partial charge in [-0.2, -0.15) is 4.98 Å². The molecule has 1 saturated heterocycles. The Labute approximate surface area is 122 Å². The lowest BCUT2D eigenvalue weighted by atomic mass is 9.98. The van der Waals surface area contributed by atoms with Crippen LogP contribution in [0, 0.1) is 0 Å². The molecule has 5 nitrogen and oxygen atoms in total. The molecule has 2 heterocycles. The predicted octanol–water partition coefficient (Wildman–Crippen LogP) is 2.80. The molecule has 5 heteroatoms. The Morgan fingerprint density at radius 3 is 2.95 bits per heavy atom. The van der Waals surface area contributed by atoms with Crippen LogP contribution in [0.5, 0.6) is 0 Å². The Morgan fingerprint density at radius 1 is 1.45 bits per heavy atom. The van der Waals surface area contributed by atoms with Gasteiger partial charge < -0.3 is 10.6 Å². The van der Waals surface area contributed by atoms with Crippen molar-refractivity contribution in [2.75, 3.05) is 11.4 Å². The van der Waals surface area contributed by atoms with Gasteiger partial charge in [0.2, 0.25) is 5.95 Å². The minimum Gasteiger partial charge on any atom is -0.335 e. The van der Waals surface area contributed by atoms with E-state index in [1.54, 1.807) is 0 Å². The number of H-pyrrole nitrogens is 1. The van der Waals surface area contributed by atoms with Crippen LogP contribution in [0.25, 0.3) is 0 Å². The minimum absolute atomic E-state index is 0.229. The molecule has 3 N–H and O–H groups in total. The van der Waals surface area contributed by atoms with Crippen LogP contribution in [-0.2, 0) is 0 Å². The van der Waals surface area contributed by atoms with Gasteiger partial charge in [0.15, 0.2) is 0 Å². The summed E-state index contributed by atoms with van der Waals surface area (Å²) in [6.45, 7) is 7.64. The number of piperidine rings is 1. The largest absolute Gasteiger partial charge is 0.335 e. The Morgan fingerprint density at radius 2 is 2.25 bits per heavy atom. The summed E-state index contributed by atoms with van der Waals surface area (Å²) >= 11 is 0. The van der Waals surface area contributed by atoms with E-state index in [9.17, 15) is 0 Å². The number of hydrogen-bond acceptors (Lipinski definition) is 4. The SMILES string of the molecule is CCCCC(CC)c1nc(N2CCCC(N)C2C)n[nH]1. The number of hydrogen-bond donors (Lipinski definition) is 2. The molecule has 0 saturated carbocycles. The molecular formula is C15H29N5. The van der Waals surface area contributed by atoms with Crippen molar-refractivity contribution in [2.24, 2.45) is 5.73 Å². The monoisotopic (exact) mass is 279 g/mol. The van der Waals surface area contributed by atoms with Crippen molar-refractivity contribution in [3.05, 3.63) is 5.82 Å². The molecular weight excluding hydrogens is 250 g/mol. The van der Waals surface area contributed by atoms with Gasteiger partial charge in [-0.25, -0.2) is 0 Å². The number of rotatable bonds is 6. The molecule has 0 amide bonds. The molecule has 114 valence electrons. The van der Waals surface area contributed by atoms with Gasteiger partial charge in [0.05, 0.1) is 0 Å². The third kappa shape index (κ3) is 3.32. The summed E-state index contributed by atoms with van der Waals surface area (Å²) in [5, 5.41) is 7.59. The predicted molar refractivity (Wildman–Crippen MR) is 83.0 cm³/mol. The summed E-state index contributed by atoms with van der Waals surface area (Å²) in [5.41, 5.74) is 6.16. The summed E-state index contributed by atoms with van der Waals surface area (Å²) in [6.07, 6.45) is 7.01. The normalized spacial score (nSPS) is 24.9. The molecule has 0 bridgehead atoms. The lowest BCUT2D eigenvalue weighted by Gasteiger charge is -2.36. The van der Waals surface area contributed by atoms with Crippen molar-refractivity contribution in [2.45, 2.75) is 77.3 Å². The van der Waals surface area contributed by atoms with Gasteiger partial charge in [0.1, 0.15) is 5.82 Å². The molecule has 0 aromatic carbocycles. The first-order valence-electron chi connectivity index (χ1n) is 8.11. The lowest BCUT2D eigenvalue weighted by Crippen LogP contribution is -2.51. The van der Waals surface area contributed by atoms with Gasteiger partial charge in [0, 0.05) is 24.5 Å². The highest BCUT2D eigenvalue weighted by Crippen LogP contribution is 2.26. The van der Waals surface area contributed by atoms with E-state index >= 15 is 0 Å². The van der Waals surface area contributed by atoms with Crippen molar-refractivity contribution in [3.63, 3.8) is 0 Å². The van der Waals surface area contributed by atoms with Crippen molar-refractivity contribution >= 4 is 5.95 Å². The fourth-order valence-corrected chi connectivity index (χ4v) is 3.02. The van der Waals surface area contributed by atoms with Crippen LogP contribution in [0.2, 0.25) is 0 Å². The Bertz CT molecular complexity index is 403. The highest BCUT2D eigenvalue weighted by atomic mass is 15.4. The standard InChI is InChI=1S/C15H29N5/c1-4-6-8-12(5-2)14-17-15(19-18-14)20-10-7-9-13(16)11(20)3/h11-13H,4-10,16H2,1-3H3,(H,17,18,19). The highest BCUT2D eigenvalue weighted by molar-refractivity contribution is 5.32. The molecule has 3 atom stereocenters. The summed E-state index contributed by atoms with van der Waals surface area (Å²) in [5.74, 6) is 2.38. The van der Waals surface area contributed by atoms with Crippen LogP contribution in [0.4, 0.5) is 5.95 Å². The quantitative estimate of drug-likeness (QED) is 0.840. The lowest BCUT2D eigenvalue weighted by molar-refractivity contribution is 0.415. The average molecular weight is 279 g/mol. The number of aromatic nitrogens is 3. The first kappa shape index (κ1) is 15.3. The van der Waals surface area contributed by atoms with E-state index in [2.05, 4.69) is 35.9 Å². The molecule has 0 aliphatic carbocycles. The van der Waals surface area contributed by atoms with E-state index in [0.717, 1.165) is 37.6 Å². The van der Waals surface area contributed by atoms with Crippen LogP contribution in [0.1, 0.15) is 71.0 Å². The van der Waals surface area contributed by atoms with E-state index in [-0.39, 0.29) is 6.04 Å². The second-order valence-corrected chi connectivity index (χ2v) is 6.01. The van der Waals surface area contributed by atoms with Crippen LogP contribution in [0.3, 0.4) is 0 Å². The second-order valence-electron chi connectivity index (χ2n) is 6.01. The zero-order valence-electron chi connectivity index (χ0n) is 13.1. The van der Waals surface area contributed by atoms with Crippen LogP contribution < -0.4 is 10.6 Å². The number of aromatic amines is 1. The van der Waals surface area contributed by atoms with E-state index in [0.29, 0.717) is 12.0 Å². The van der Waals surface area contributed by atoms with Gasteiger partial charge in [-0.15, -0.1) is 5.10 Å². The zero-order valence-corrected chi connectivity index (χ0v) is 13.1. The molecule has 1 aromatic heterocycles. The van der Waals surface area contributed by atoms with Gasteiger partial charge >= 0.3 is 0 Å². The third-order valence-corrected chi connectivity index (χ3v) is 4.58. The summed E-state index contributed by atoms with van der Waals surface area (Å²) in [7, 11) is 0. The zero-order chi connectivity index (χ0) is 14.5. The summed E-state index contributed by atoms with van der Waals surface area (Å²) in [6, 6.07) is 0.552.